The van der Waals surface area contributed by atoms with Crippen LogP contribution < -0.4 is 9.80 Å². The fourth-order valence-electron chi connectivity index (χ4n) is 4.05. The highest BCUT2D eigenvalue weighted by atomic mass is 19.4. The lowest BCUT2D eigenvalue weighted by Gasteiger charge is -2.39. The molecule has 0 aliphatic carbocycles. The molecule has 35 heavy (non-hydrogen) atoms. The highest BCUT2D eigenvalue weighted by Gasteiger charge is 2.72. The smallest absolute Gasteiger partial charge is 0.269 e. The van der Waals surface area contributed by atoms with Gasteiger partial charge in [0.1, 0.15) is 0 Å². The Balaban J connectivity index is 1.97. The Labute approximate surface area is 192 Å². The van der Waals surface area contributed by atoms with Gasteiger partial charge in [0.15, 0.2) is 0 Å². The highest BCUT2D eigenvalue weighted by Crippen LogP contribution is 2.57. The van der Waals surface area contributed by atoms with Crippen molar-refractivity contribution in [3.63, 3.8) is 0 Å². The van der Waals surface area contributed by atoms with E-state index >= 15 is 0 Å². The summed E-state index contributed by atoms with van der Waals surface area (Å²) in [5, 5.41) is 0. The molecule has 0 spiro atoms. The number of hydrogen-bond acceptors (Lipinski definition) is 4. The topological polar surface area (TPSA) is 74.8 Å². The van der Waals surface area contributed by atoms with E-state index in [2.05, 4.69) is 0 Å². The number of nitrogens with zero attached hydrogens (tertiary/aromatic N) is 2. The molecule has 2 aliphatic rings. The average molecular weight is 494 g/mol. The lowest BCUT2D eigenvalue weighted by atomic mass is 9.72. The van der Waals surface area contributed by atoms with Crippen LogP contribution in [0.15, 0.2) is 72.8 Å². The first-order valence-corrected chi connectivity index (χ1v) is 9.76. The molecule has 2 aliphatic heterocycles. The minimum Gasteiger partial charge on any atom is -0.269 e. The summed E-state index contributed by atoms with van der Waals surface area (Å²) in [7, 11) is 0. The molecule has 2 aromatic rings. The van der Waals surface area contributed by atoms with Gasteiger partial charge in [-0.25, -0.2) is 9.80 Å². The number of carbonyl (C=O) groups excluding carboxylic acids is 4. The molecule has 0 N–H and O–H groups in total. The van der Waals surface area contributed by atoms with E-state index in [0.29, 0.717) is 34.1 Å². The average Bonchev–Trinajstić information content (AvgIpc) is 3.27. The normalized spacial score (nSPS) is 16.7. The maximum absolute atomic E-state index is 14.5. The SMILES string of the molecule is O=C1C=CC(=O)N1c1cccc(C(c2cccc(N3C(=O)C=CC3=O)c2)(C(F)(F)F)C(F)(F)F)c1. The summed E-state index contributed by atoms with van der Waals surface area (Å²) in [6.45, 7) is 0. The van der Waals surface area contributed by atoms with Gasteiger partial charge in [-0.15, -0.1) is 0 Å². The molecule has 2 heterocycles. The second kappa shape index (κ2) is 7.93. The second-order valence-electron chi connectivity index (χ2n) is 7.54. The molecule has 0 aromatic heterocycles. The van der Waals surface area contributed by atoms with Gasteiger partial charge < -0.3 is 0 Å². The Morgan fingerprint density at radius 3 is 1.11 bits per heavy atom. The first-order valence-electron chi connectivity index (χ1n) is 9.76. The van der Waals surface area contributed by atoms with Gasteiger partial charge in [0, 0.05) is 24.3 Å². The van der Waals surface area contributed by atoms with Gasteiger partial charge in [-0.1, -0.05) is 24.3 Å². The summed E-state index contributed by atoms with van der Waals surface area (Å²) < 4.78 is 87.2. The van der Waals surface area contributed by atoms with Crippen LogP contribution in [0.4, 0.5) is 37.7 Å². The minimum absolute atomic E-state index is 0.435. The van der Waals surface area contributed by atoms with Crippen molar-refractivity contribution in [2.45, 2.75) is 17.8 Å². The van der Waals surface area contributed by atoms with Gasteiger partial charge in [0.2, 0.25) is 5.41 Å². The van der Waals surface area contributed by atoms with Crippen LogP contribution in [-0.2, 0) is 24.6 Å². The number of halogens is 6. The molecule has 0 saturated heterocycles. The van der Waals surface area contributed by atoms with Crippen molar-refractivity contribution in [2.75, 3.05) is 9.80 Å². The molecule has 12 heteroatoms. The lowest BCUT2D eigenvalue weighted by Crippen LogP contribution is -2.55. The molecule has 0 unspecified atom stereocenters. The first-order chi connectivity index (χ1) is 16.3. The van der Waals surface area contributed by atoms with Crippen molar-refractivity contribution < 1.29 is 45.5 Å². The molecule has 0 saturated carbocycles. The third-order valence-electron chi connectivity index (χ3n) is 5.54. The predicted octanol–water partition coefficient (Wildman–Crippen LogP) is 3.96. The zero-order valence-corrected chi connectivity index (χ0v) is 17.2. The zero-order valence-electron chi connectivity index (χ0n) is 17.2. The fourth-order valence-corrected chi connectivity index (χ4v) is 4.05. The summed E-state index contributed by atoms with van der Waals surface area (Å²) in [5.74, 6) is -3.73. The highest BCUT2D eigenvalue weighted by molar-refractivity contribution is 6.28. The van der Waals surface area contributed by atoms with Gasteiger partial charge >= 0.3 is 12.4 Å². The van der Waals surface area contributed by atoms with Crippen LogP contribution in [0.25, 0.3) is 0 Å². The van der Waals surface area contributed by atoms with Gasteiger partial charge in [-0.05, 0) is 35.4 Å². The number of anilines is 2. The Bertz CT molecular complexity index is 1190. The van der Waals surface area contributed by atoms with Crippen LogP contribution >= 0.6 is 0 Å². The van der Waals surface area contributed by atoms with E-state index in [1.54, 1.807) is 0 Å². The molecule has 2 aromatic carbocycles. The van der Waals surface area contributed by atoms with E-state index in [4.69, 9.17) is 0 Å². The van der Waals surface area contributed by atoms with Crippen LogP contribution in [0.5, 0.6) is 0 Å². The van der Waals surface area contributed by atoms with Gasteiger partial charge in [-0.2, -0.15) is 26.3 Å². The Morgan fingerprint density at radius 2 is 0.829 bits per heavy atom. The number of amides is 4. The molecule has 180 valence electrons. The van der Waals surface area contributed by atoms with Crippen LogP contribution in [0.2, 0.25) is 0 Å². The zero-order chi connectivity index (χ0) is 25.8. The summed E-state index contributed by atoms with van der Waals surface area (Å²) in [4.78, 5) is 48.7. The molecular formula is C23H12F6N2O4. The molecule has 0 fully saturated rings. The second-order valence-corrected chi connectivity index (χ2v) is 7.54. The van der Waals surface area contributed by atoms with Crippen molar-refractivity contribution in [3.8, 4) is 0 Å². The van der Waals surface area contributed by atoms with Crippen molar-refractivity contribution in [1.29, 1.82) is 0 Å². The standard InChI is InChI=1S/C23H12F6N2O4/c24-22(25,26)21(23(27,28)29,13-3-1-5-15(11-13)30-17(32)7-8-18(30)33)14-4-2-6-16(12-14)31-19(34)9-10-20(31)35/h1-12H. The van der Waals surface area contributed by atoms with E-state index in [-0.39, 0.29) is 0 Å². The number of imide groups is 2. The predicted molar refractivity (Wildman–Crippen MR) is 109 cm³/mol. The van der Waals surface area contributed by atoms with E-state index in [1.165, 1.54) is 0 Å². The van der Waals surface area contributed by atoms with E-state index in [1.807, 2.05) is 0 Å². The van der Waals surface area contributed by atoms with Gasteiger partial charge in [0.25, 0.3) is 23.6 Å². The van der Waals surface area contributed by atoms with Crippen molar-refractivity contribution in [3.05, 3.63) is 84.0 Å². The summed E-state index contributed by atoms with van der Waals surface area (Å²) >= 11 is 0. The summed E-state index contributed by atoms with van der Waals surface area (Å²) in [5.41, 5.74) is -8.27. The molecule has 0 atom stereocenters. The van der Waals surface area contributed by atoms with E-state index < -0.39 is 63.9 Å². The number of carbonyl (C=O) groups is 4. The fraction of sp³-hybridized carbons (Fsp3) is 0.130. The van der Waals surface area contributed by atoms with Crippen molar-refractivity contribution in [2.24, 2.45) is 0 Å². The Hall–Kier alpha value is -4.22. The third-order valence-corrected chi connectivity index (χ3v) is 5.54. The van der Waals surface area contributed by atoms with Gasteiger partial charge in [-0.3, -0.25) is 19.2 Å². The monoisotopic (exact) mass is 494 g/mol. The summed E-state index contributed by atoms with van der Waals surface area (Å²) in [6, 6.07) is 5.83. The maximum Gasteiger partial charge on any atom is 0.411 e. The minimum atomic E-state index is -5.98. The van der Waals surface area contributed by atoms with Gasteiger partial charge in [0.05, 0.1) is 11.4 Å². The first kappa shape index (κ1) is 23.9. The largest absolute Gasteiger partial charge is 0.411 e. The van der Waals surface area contributed by atoms with Crippen LogP contribution in [0, 0.1) is 0 Å². The van der Waals surface area contributed by atoms with Crippen molar-refractivity contribution in [1.82, 2.24) is 0 Å². The number of rotatable bonds is 4. The maximum atomic E-state index is 14.5. The number of alkyl halides is 6. The van der Waals surface area contributed by atoms with Crippen LogP contribution in [0.3, 0.4) is 0 Å². The van der Waals surface area contributed by atoms with Crippen molar-refractivity contribution >= 4 is 35.0 Å². The Kier molecular flexibility index (Phi) is 5.42. The van der Waals surface area contributed by atoms with Crippen LogP contribution in [-0.4, -0.2) is 36.0 Å². The number of benzene rings is 2. The number of hydrogen-bond donors (Lipinski definition) is 0. The quantitative estimate of drug-likeness (QED) is 0.477. The van der Waals surface area contributed by atoms with E-state index in [0.717, 1.165) is 48.6 Å². The molecule has 0 bridgehead atoms. The molecule has 4 rings (SSSR count). The summed E-state index contributed by atoms with van der Waals surface area (Å²) in [6.07, 6.45) is -8.63. The lowest BCUT2D eigenvalue weighted by molar-refractivity contribution is -0.288. The Morgan fingerprint density at radius 1 is 0.514 bits per heavy atom. The van der Waals surface area contributed by atoms with E-state index in [9.17, 15) is 45.5 Å². The molecule has 6 nitrogen and oxygen atoms in total. The molecule has 0 radical (unpaired) electrons. The molecule has 4 amide bonds. The third kappa shape index (κ3) is 3.61. The van der Waals surface area contributed by atoms with Crippen LogP contribution in [0.1, 0.15) is 11.1 Å². The molecular weight excluding hydrogens is 482 g/mol.